The molecule has 370 valence electrons. The van der Waals surface area contributed by atoms with Gasteiger partial charge in [-0.25, -0.2) is 0 Å². The number of allylic oxidation sites excluding steroid dienone is 3. The minimum Gasteiger partial charge on any atom is -0.456 e. The molecule has 3 aromatic heterocycles. The second-order valence-electron chi connectivity index (χ2n) is 19.9. The van der Waals surface area contributed by atoms with Gasteiger partial charge in [0.15, 0.2) is 0 Å². The van der Waals surface area contributed by atoms with E-state index in [2.05, 4.69) is 276 Å². The summed E-state index contributed by atoms with van der Waals surface area (Å²) in [6.07, 6.45) is 8.92. The maximum atomic E-state index is 6.38. The van der Waals surface area contributed by atoms with Gasteiger partial charge in [-0.15, -0.1) is 22.7 Å². The van der Waals surface area contributed by atoms with Crippen molar-refractivity contribution in [1.29, 1.82) is 0 Å². The fraction of sp³-hybridized carbons (Fsp3) is 0.0278. The molecule has 3 heterocycles. The standard InChI is InChI=1S/C72H49N3OS2/c1-5-17-50(18-6-1)73(51-19-7-2-8-20-51)54-35-31-48(32-36-54)59-26-15-28-63-65-45-56(40-43-69(65)77-71(59)63)75(53-23-11-4-12-24-53)57-41-44-70-66(46-57)64-29-16-27-60(72(64)78-70)49-33-37-55(38-34-49)74(52-21-9-3-10-22-52)58-39-42-62-61-25-13-14-30-67(61)76-68(62)47-58/h1-2,4-9,11-47H,3,10H2. The first-order valence-electron chi connectivity index (χ1n) is 26.6. The molecule has 0 aliphatic heterocycles. The van der Waals surface area contributed by atoms with E-state index in [-0.39, 0.29) is 0 Å². The number of hydrogen-bond acceptors (Lipinski definition) is 6. The van der Waals surface area contributed by atoms with Gasteiger partial charge in [0.25, 0.3) is 0 Å². The summed E-state index contributed by atoms with van der Waals surface area (Å²) in [5.41, 5.74) is 16.7. The van der Waals surface area contributed by atoms with Crippen LogP contribution in [0.25, 0.3) is 84.5 Å². The summed E-state index contributed by atoms with van der Waals surface area (Å²) < 4.78 is 11.5. The number of hydrogen-bond donors (Lipinski definition) is 0. The zero-order valence-corrected chi connectivity index (χ0v) is 44.1. The molecule has 0 radical (unpaired) electrons. The van der Waals surface area contributed by atoms with Gasteiger partial charge in [0, 0.05) is 108 Å². The predicted molar refractivity (Wildman–Crippen MR) is 335 cm³/mol. The van der Waals surface area contributed by atoms with E-state index in [1.165, 1.54) is 68.3 Å². The van der Waals surface area contributed by atoms with Crippen molar-refractivity contribution in [1.82, 2.24) is 0 Å². The summed E-state index contributed by atoms with van der Waals surface area (Å²) >= 11 is 3.75. The van der Waals surface area contributed by atoms with E-state index < -0.39 is 0 Å². The van der Waals surface area contributed by atoms with Crippen LogP contribution in [0.1, 0.15) is 12.8 Å². The smallest absolute Gasteiger partial charge is 0.137 e. The maximum absolute atomic E-state index is 6.38. The van der Waals surface area contributed by atoms with Crippen LogP contribution in [-0.4, -0.2) is 0 Å². The van der Waals surface area contributed by atoms with Gasteiger partial charge >= 0.3 is 0 Å². The Bertz CT molecular complexity index is 4570. The van der Waals surface area contributed by atoms with Crippen LogP contribution in [0.3, 0.4) is 0 Å². The summed E-state index contributed by atoms with van der Waals surface area (Å²) in [6.45, 7) is 0. The highest BCUT2D eigenvalue weighted by Gasteiger charge is 2.21. The average molecular weight is 1040 g/mol. The van der Waals surface area contributed by atoms with Crippen LogP contribution in [0.4, 0.5) is 45.5 Å². The highest BCUT2D eigenvalue weighted by atomic mass is 32.1. The predicted octanol–water partition coefficient (Wildman–Crippen LogP) is 22.0. The van der Waals surface area contributed by atoms with Crippen LogP contribution in [0.15, 0.2) is 283 Å². The van der Waals surface area contributed by atoms with Crippen molar-refractivity contribution in [2.24, 2.45) is 0 Å². The minimum atomic E-state index is 0.891. The third-order valence-electron chi connectivity index (χ3n) is 15.2. The van der Waals surface area contributed by atoms with Gasteiger partial charge in [-0.2, -0.15) is 0 Å². The quantitative estimate of drug-likeness (QED) is 0.129. The summed E-state index contributed by atoms with van der Waals surface area (Å²) in [7, 11) is 0. The molecule has 0 saturated heterocycles. The molecule has 0 spiro atoms. The SMILES string of the molecule is C1=CC(N(c2ccc(-c3cccc4c3sc3ccc(N(c5ccccc5)c5ccc6sc7c(-c8ccc(N(c9ccccc9)c9ccccc9)cc8)cccc7c6c5)cc34)cc2)c2ccc3c(c2)oc2ccccc23)=CCC1. The largest absolute Gasteiger partial charge is 0.456 e. The van der Waals surface area contributed by atoms with Gasteiger partial charge in [0.1, 0.15) is 11.2 Å². The summed E-state index contributed by atoms with van der Waals surface area (Å²) in [5, 5.41) is 7.31. The maximum Gasteiger partial charge on any atom is 0.137 e. The van der Waals surface area contributed by atoms with Gasteiger partial charge in [-0.1, -0.05) is 146 Å². The van der Waals surface area contributed by atoms with E-state index >= 15 is 0 Å². The normalized spacial score (nSPS) is 12.5. The molecule has 4 nitrogen and oxygen atoms in total. The van der Waals surface area contributed by atoms with Crippen LogP contribution >= 0.6 is 22.7 Å². The highest BCUT2D eigenvalue weighted by Crippen LogP contribution is 2.47. The fourth-order valence-corrected chi connectivity index (χ4v) is 14.0. The first kappa shape index (κ1) is 45.9. The Morgan fingerprint density at radius 2 is 0.744 bits per heavy atom. The van der Waals surface area contributed by atoms with Crippen molar-refractivity contribution in [3.63, 3.8) is 0 Å². The van der Waals surface area contributed by atoms with Gasteiger partial charge in [-0.3, -0.25) is 0 Å². The van der Waals surface area contributed by atoms with Crippen molar-refractivity contribution in [2.75, 3.05) is 14.7 Å². The van der Waals surface area contributed by atoms with E-state index in [0.29, 0.717) is 0 Å². The van der Waals surface area contributed by atoms with Crippen molar-refractivity contribution in [3.8, 4) is 22.3 Å². The number of rotatable bonds is 11. The zero-order valence-electron chi connectivity index (χ0n) is 42.5. The van der Waals surface area contributed by atoms with Crippen LogP contribution in [-0.2, 0) is 0 Å². The summed E-state index contributed by atoms with van der Waals surface area (Å²) in [4.78, 5) is 7.08. The van der Waals surface area contributed by atoms with Gasteiger partial charge in [-0.05, 0) is 156 Å². The molecule has 1 aliphatic carbocycles. The van der Waals surface area contributed by atoms with Crippen molar-refractivity contribution in [3.05, 3.63) is 279 Å². The highest BCUT2D eigenvalue weighted by molar-refractivity contribution is 7.26. The lowest BCUT2D eigenvalue weighted by Gasteiger charge is -2.27. The Morgan fingerprint density at radius 1 is 0.308 bits per heavy atom. The number of anilines is 8. The molecule has 78 heavy (non-hydrogen) atoms. The van der Waals surface area contributed by atoms with Crippen molar-refractivity contribution < 1.29 is 4.42 Å². The molecule has 6 heteroatoms. The fourth-order valence-electron chi connectivity index (χ4n) is 11.6. The molecular weight excluding hydrogens is 987 g/mol. The van der Waals surface area contributed by atoms with Crippen LogP contribution < -0.4 is 14.7 Å². The van der Waals surface area contributed by atoms with Gasteiger partial charge in [0.2, 0.25) is 0 Å². The summed E-state index contributed by atoms with van der Waals surface area (Å²) in [5.74, 6) is 0. The monoisotopic (exact) mass is 1040 g/mol. The minimum absolute atomic E-state index is 0.891. The Morgan fingerprint density at radius 3 is 1.28 bits per heavy atom. The number of fused-ring (bicyclic) bond motifs is 9. The molecule has 11 aromatic carbocycles. The van der Waals surface area contributed by atoms with Crippen LogP contribution in [0, 0.1) is 0 Å². The Hall–Kier alpha value is -9.46. The molecule has 14 aromatic rings. The lowest BCUT2D eigenvalue weighted by molar-refractivity contribution is 0.669. The first-order valence-corrected chi connectivity index (χ1v) is 28.3. The first-order chi connectivity index (χ1) is 38.7. The third-order valence-corrected chi connectivity index (χ3v) is 17.7. The number of furan rings is 1. The Labute approximate surface area is 460 Å². The number of para-hydroxylation sites is 4. The van der Waals surface area contributed by atoms with Crippen molar-refractivity contribution >= 4 is 130 Å². The number of thiophene rings is 2. The lowest BCUT2D eigenvalue weighted by atomic mass is 10.0. The molecule has 0 saturated carbocycles. The number of nitrogens with zero attached hydrogens (tertiary/aromatic N) is 3. The summed E-state index contributed by atoms with van der Waals surface area (Å²) in [6, 6.07) is 92.5. The number of benzene rings is 11. The molecule has 0 bridgehead atoms. The van der Waals surface area contributed by atoms with E-state index in [1.54, 1.807) is 0 Å². The second kappa shape index (κ2) is 19.3. The van der Waals surface area contributed by atoms with E-state index in [9.17, 15) is 0 Å². The second-order valence-corrected chi connectivity index (χ2v) is 22.0. The van der Waals surface area contributed by atoms with Crippen LogP contribution in [0.5, 0.6) is 0 Å². The van der Waals surface area contributed by atoms with E-state index in [0.717, 1.165) is 80.3 Å². The lowest BCUT2D eigenvalue weighted by Crippen LogP contribution is -2.16. The molecule has 0 N–H and O–H groups in total. The Balaban J connectivity index is 0.770. The van der Waals surface area contributed by atoms with E-state index in [4.69, 9.17) is 4.42 Å². The molecule has 0 unspecified atom stereocenters. The third kappa shape index (κ3) is 8.04. The van der Waals surface area contributed by atoms with Crippen molar-refractivity contribution in [2.45, 2.75) is 12.8 Å². The van der Waals surface area contributed by atoms with E-state index in [1.807, 2.05) is 34.8 Å². The molecule has 0 atom stereocenters. The van der Waals surface area contributed by atoms with Gasteiger partial charge in [0.05, 0.1) is 0 Å². The van der Waals surface area contributed by atoms with Crippen LogP contribution in [0.2, 0.25) is 0 Å². The molecule has 1 aliphatic rings. The molecule has 0 amide bonds. The molecular formula is C72H49N3OS2. The molecule has 0 fully saturated rings. The Kier molecular flexibility index (Phi) is 11.3. The van der Waals surface area contributed by atoms with Gasteiger partial charge < -0.3 is 19.1 Å². The zero-order chi connectivity index (χ0) is 51.5. The average Bonchev–Trinajstić information content (AvgIpc) is 4.33. The molecule has 15 rings (SSSR count). The topological polar surface area (TPSA) is 22.9 Å².